The molecule has 0 aliphatic carbocycles. The summed E-state index contributed by atoms with van der Waals surface area (Å²) in [4.78, 5) is 11.0. The van der Waals surface area contributed by atoms with Crippen LogP contribution in [0.4, 0.5) is 5.69 Å². The minimum Gasteiger partial charge on any atom is -0.369 e. The van der Waals surface area contributed by atoms with Gasteiger partial charge in [-0.25, -0.2) is 0 Å². The number of nitrogens with two attached hydrogens (primary N) is 1. The van der Waals surface area contributed by atoms with Crippen molar-refractivity contribution in [3.05, 3.63) is 29.8 Å². The third-order valence-electron chi connectivity index (χ3n) is 2.54. The van der Waals surface area contributed by atoms with Crippen LogP contribution in [0.1, 0.15) is 25.3 Å². The molecule has 0 spiro atoms. The lowest BCUT2D eigenvalue weighted by Crippen LogP contribution is -2.14. The summed E-state index contributed by atoms with van der Waals surface area (Å²) in [5, 5.41) is 3.51. The van der Waals surface area contributed by atoms with Gasteiger partial charge in [0.1, 0.15) is 0 Å². The molecule has 1 aromatic rings. The first-order chi connectivity index (χ1) is 8.13. The zero-order valence-electron chi connectivity index (χ0n) is 10.6. The van der Waals surface area contributed by atoms with Crippen LogP contribution in [0.2, 0.25) is 0 Å². The molecule has 0 aromatic heterocycles. The molecule has 3 N–H and O–H groups in total. The van der Waals surface area contributed by atoms with Crippen LogP contribution in [0, 0.1) is 0 Å². The van der Waals surface area contributed by atoms with Gasteiger partial charge in [-0.05, 0) is 38.9 Å². The van der Waals surface area contributed by atoms with Crippen molar-refractivity contribution >= 4 is 19.7 Å². The first kappa shape index (κ1) is 14.0. The zero-order valence-corrected chi connectivity index (χ0v) is 11.5. The Morgan fingerprint density at radius 1 is 1.41 bits per heavy atom. The van der Waals surface area contributed by atoms with Crippen molar-refractivity contribution in [2.75, 3.05) is 17.9 Å². The van der Waals surface area contributed by atoms with E-state index < -0.39 is 0 Å². The summed E-state index contributed by atoms with van der Waals surface area (Å²) in [6.07, 6.45) is 3.97. The fourth-order valence-electron chi connectivity index (χ4n) is 1.63. The van der Waals surface area contributed by atoms with Crippen molar-refractivity contribution in [1.82, 2.24) is 0 Å². The minimum atomic E-state index is -0.284. The molecule has 1 rings (SSSR count). The quantitative estimate of drug-likeness (QED) is 0.733. The topological polar surface area (TPSA) is 55.1 Å². The first-order valence-electron chi connectivity index (χ1n) is 5.97. The SMILES string of the molecule is CCCCP(C)Nc1ccccc1CC(N)=O. The van der Waals surface area contributed by atoms with E-state index in [4.69, 9.17) is 5.73 Å². The standard InChI is InChI=1S/C13H21N2OP/c1-3-4-9-17(2)15-12-8-6-5-7-11(12)10-13(14)16/h5-8,15H,3-4,9-10H2,1-2H3,(H2,14,16). The Morgan fingerprint density at radius 3 is 2.76 bits per heavy atom. The molecule has 1 unspecified atom stereocenters. The summed E-state index contributed by atoms with van der Waals surface area (Å²) >= 11 is 0. The van der Waals surface area contributed by atoms with Crippen LogP contribution in [0.25, 0.3) is 0 Å². The van der Waals surface area contributed by atoms with Crippen LogP contribution in [0.5, 0.6) is 0 Å². The van der Waals surface area contributed by atoms with Gasteiger partial charge in [-0.1, -0.05) is 31.5 Å². The van der Waals surface area contributed by atoms with Crippen molar-refractivity contribution < 1.29 is 4.79 Å². The molecular weight excluding hydrogens is 231 g/mol. The van der Waals surface area contributed by atoms with E-state index in [0.717, 1.165) is 11.3 Å². The normalized spacial score (nSPS) is 12.1. The Hall–Kier alpha value is -1.08. The van der Waals surface area contributed by atoms with Gasteiger partial charge in [0.05, 0.1) is 6.42 Å². The molecule has 0 aliphatic rings. The fourth-order valence-corrected chi connectivity index (χ4v) is 3.16. The van der Waals surface area contributed by atoms with Gasteiger partial charge in [0.25, 0.3) is 0 Å². The van der Waals surface area contributed by atoms with Gasteiger partial charge in [-0.15, -0.1) is 0 Å². The highest BCUT2D eigenvalue weighted by atomic mass is 31.1. The number of para-hydroxylation sites is 1. The second kappa shape index (κ2) is 7.29. The number of carbonyl (C=O) groups excluding carboxylic acids is 1. The van der Waals surface area contributed by atoms with E-state index in [0.29, 0.717) is 6.42 Å². The number of benzene rings is 1. The molecule has 4 heteroatoms. The second-order valence-electron chi connectivity index (χ2n) is 4.19. The van der Waals surface area contributed by atoms with Crippen LogP contribution in [0.15, 0.2) is 24.3 Å². The van der Waals surface area contributed by atoms with Crippen molar-refractivity contribution in [2.45, 2.75) is 26.2 Å². The largest absolute Gasteiger partial charge is 0.369 e. The molecule has 1 aromatic carbocycles. The lowest BCUT2D eigenvalue weighted by Gasteiger charge is -2.17. The number of anilines is 1. The van der Waals surface area contributed by atoms with Crippen molar-refractivity contribution in [1.29, 1.82) is 0 Å². The van der Waals surface area contributed by atoms with E-state index in [1.165, 1.54) is 19.0 Å². The van der Waals surface area contributed by atoms with Gasteiger partial charge < -0.3 is 10.8 Å². The molecule has 1 atom stereocenters. The Labute approximate surface area is 105 Å². The number of carbonyl (C=O) groups is 1. The number of rotatable bonds is 7. The number of unbranched alkanes of at least 4 members (excludes halogenated alkanes) is 1. The Morgan fingerprint density at radius 2 is 2.12 bits per heavy atom. The molecule has 0 saturated heterocycles. The Balaban J connectivity index is 2.65. The van der Waals surface area contributed by atoms with Crippen LogP contribution in [-0.4, -0.2) is 18.7 Å². The molecule has 0 heterocycles. The van der Waals surface area contributed by atoms with Crippen molar-refractivity contribution in [2.24, 2.45) is 5.73 Å². The molecule has 0 bridgehead atoms. The van der Waals surface area contributed by atoms with Gasteiger partial charge in [0, 0.05) is 5.69 Å². The molecule has 0 aliphatic heterocycles. The smallest absolute Gasteiger partial charge is 0.221 e. The fraction of sp³-hybridized carbons (Fsp3) is 0.462. The van der Waals surface area contributed by atoms with E-state index in [1.807, 2.05) is 24.3 Å². The van der Waals surface area contributed by atoms with Gasteiger partial charge in [-0.3, -0.25) is 4.79 Å². The highest BCUT2D eigenvalue weighted by Crippen LogP contribution is 2.34. The number of nitrogens with one attached hydrogen (secondary N) is 1. The lowest BCUT2D eigenvalue weighted by atomic mass is 10.1. The summed E-state index contributed by atoms with van der Waals surface area (Å²) in [5.41, 5.74) is 7.29. The number of primary amides is 1. The van der Waals surface area contributed by atoms with E-state index in [2.05, 4.69) is 18.7 Å². The molecule has 3 nitrogen and oxygen atoms in total. The third-order valence-corrected chi connectivity index (χ3v) is 4.15. The predicted octanol–water partition coefficient (Wildman–Crippen LogP) is 2.95. The maximum Gasteiger partial charge on any atom is 0.221 e. The summed E-state index contributed by atoms with van der Waals surface area (Å²) in [7, 11) is -0.206. The summed E-state index contributed by atoms with van der Waals surface area (Å²) in [6.45, 7) is 4.43. The Kier molecular flexibility index (Phi) is 5.99. The van der Waals surface area contributed by atoms with E-state index in [9.17, 15) is 4.79 Å². The monoisotopic (exact) mass is 252 g/mol. The van der Waals surface area contributed by atoms with E-state index >= 15 is 0 Å². The van der Waals surface area contributed by atoms with Crippen LogP contribution < -0.4 is 10.8 Å². The Bertz CT molecular complexity index is 368. The minimum absolute atomic E-state index is 0.206. The summed E-state index contributed by atoms with van der Waals surface area (Å²) in [5.74, 6) is -0.284. The van der Waals surface area contributed by atoms with Gasteiger partial charge in [0.2, 0.25) is 5.91 Å². The second-order valence-corrected chi connectivity index (χ2v) is 6.25. The summed E-state index contributed by atoms with van der Waals surface area (Å²) in [6, 6.07) is 7.89. The van der Waals surface area contributed by atoms with E-state index in [1.54, 1.807) is 0 Å². The molecule has 94 valence electrons. The highest BCUT2D eigenvalue weighted by molar-refractivity contribution is 7.58. The van der Waals surface area contributed by atoms with Gasteiger partial charge in [0.15, 0.2) is 0 Å². The highest BCUT2D eigenvalue weighted by Gasteiger charge is 2.07. The molecule has 1 amide bonds. The summed E-state index contributed by atoms with van der Waals surface area (Å²) < 4.78 is 0. The lowest BCUT2D eigenvalue weighted by molar-refractivity contribution is -0.117. The number of hydrogen-bond acceptors (Lipinski definition) is 2. The number of amides is 1. The first-order valence-corrected chi connectivity index (χ1v) is 7.95. The van der Waals surface area contributed by atoms with Crippen molar-refractivity contribution in [3.8, 4) is 0 Å². The molecule has 0 radical (unpaired) electrons. The third kappa shape index (κ3) is 5.18. The zero-order chi connectivity index (χ0) is 12.7. The van der Waals surface area contributed by atoms with Crippen LogP contribution in [-0.2, 0) is 11.2 Å². The maximum absolute atomic E-state index is 11.0. The average molecular weight is 252 g/mol. The molecule has 0 saturated carbocycles. The number of hydrogen-bond donors (Lipinski definition) is 2. The molecule has 17 heavy (non-hydrogen) atoms. The van der Waals surface area contributed by atoms with Crippen LogP contribution in [0.3, 0.4) is 0 Å². The van der Waals surface area contributed by atoms with Gasteiger partial charge >= 0.3 is 0 Å². The van der Waals surface area contributed by atoms with Crippen molar-refractivity contribution in [3.63, 3.8) is 0 Å². The van der Waals surface area contributed by atoms with E-state index in [-0.39, 0.29) is 14.0 Å². The van der Waals surface area contributed by atoms with Crippen LogP contribution >= 0.6 is 8.07 Å². The molecular formula is C13H21N2OP. The predicted molar refractivity (Wildman–Crippen MR) is 75.6 cm³/mol. The average Bonchev–Trinajstić information content (AvgIpc) is 2.28. The molecule has 0 fully saturated rings. The maximum atomic E-state index is 11.0. The van der Waals surface area contributed by atoms with Gasteiger partial charge in [-0.2, -0.15) is 0 Å².